The molecule has 1 aliphatic heterocycles. The van der Waals surface area contributed by atoms with E-state index < -0.39 is 18.0 Å². The summed E-state index contributed by atoms with van der Waals surface area (Å²) in [5.74, 6) is -0.717. The Morgan fingerprint density at radius 1 is 1.03 bits per heavy atom. The number of nitrogens with zero attached hydrogens (tertiary/aromatic N) is 2. The maximum absolute atomic E-state index is 12.8. The number of hydrogen-bond donors (Lipinski definition) is 2. The second-order valence-corrected chi connectivity index (χ2v) is 6.80. The first kappa shape index (κ1) is 18.6. The van der Waals surface area contributed by atoms with Gasteiger partial charge in [-0.25, -0.2) is 9.69 Å². The third kappa shape index (κ3) is 3.94. The molecular formula is C22H20N4O3. The molecule has 4 amide bonds. The minimum atomic E-state index is -0.878. The summed E-state index contributed by atoms with van der Waals surface area (Å²) < 4.78 is 0. The number of anilines is 1. The molecule has 2 heterocycles. The SMILES string of the molecule is O=C(CC1NC(=O)N(c2cccc3ccccc23)C1=O)NCCc1ccccn1. The standard InChI is InChI=1S/C22H20N4O3/c27-20(24-13-11-16-8-3-4-12-23-16)14-18-21(28)26(22(29)25-18)19-10-5-7-15-6-1-2-9-17(15)19/h1-10,12,18H,11,13-14H2,(H,24,27)(H,25,29). The van der Waals surface area contributed by atoms with Crippen molar-refractivity contribution in [1.82, 2.24) is 15.6 Å². The number of fused-ring (bicyclic) bond motifs is 1. The number of aromatic nitrogens is 1. The number of hydrogen-bond acceptors (Lipinski definition) is 4. The molecule has 7 heteroatoms. The van der Waals surface area contributed by atoms with E-state index in [-0.39, 0.29) is 12.3 Å². The zero-order valence-corrected chi connectivity index (χ0v) is 15.7. The average molecular weight is 388 g/mol. The van der Waals surface area contributed by atoms with E-state index in [0.717, 1.165) is 21.4 Å². The highest BCUT2D eigenvalue weighted by molar-refractivity contribution is 6.24. The predicted molar refractivity (Wildman–Crippen MR) is 109 cm³/mol. The van der Waals surface area contributed by atoms with Gasteiger partial charge in [-0.05, 0) is 23.6 Å². The molecule has 1 aromatic heterocycles. The van der Waals surface area contributed by atoms with E-state index >= 15 is 0 Å². The van der Waals surface area contributed by atoms with Crippen molar-refractivity contribution in [3.63, 3.8) is 0 Å². The van der Waals surface area contributed by atoms with Gasteiger partial charge in [0.2, 0.25) is 5.91 Å². The van der Waals surface area contributed by atoms with E-state index in [1.807, 2.05) is 48.5 Å². The molecule has 2 aromatic carbocycles. The molecule has 1 aliphatic rings. The highest BCUT2D eigenvalue weighted by atomic mass is 16.2. The van der Waals surface area contributed by atoms with Crippen LogP contribution in [0.4, 0.5) is 10.5 Å². The normalized spacial score (nSPS) is 16.1. The molecule has 29 heavy (non-hydrogen) atoms. The van der Waals surface area contributed by atoms with Crippen LogP contribution in [0.5, 0.6) is 0 Å². The van der Waals surface area contributed by atoms with E-state index in [1.54, 1.807) is 18.3 Å². The van der Waals surface area contributed by atoms with Gasteiger partial charge in [-0.2, -0.15) is 0 Å². The number of imide groups is 1. The summed E-state index contributed by atoms with van der Waals surface area (Å²) in [6.07, 6.45) is 2.19. The molecule has 1 atom stereocenters. The second kappa shape index (κ2) is 8.10. The van der Waals surface area contributed by atoms with E-state index in [0.29, 0.717) is 18.7 Å². The summed E-state index contributed by atoms with van der Waals surface area (Å²) in [4.78, 5) is 42.9. The fraction of sp³-hybridized carbons (Fsp3) is 0.182. The number of nitrogens with one attached hydrogen (secondary N) is 2. The number of rotatable bonds is 6. The largest absolute Gasteiger partial charge is 0.356 e. The Bertz CT molecular complexity index is 1060. The minimum absolute atomic E-state index is 0.103. The Hall–Kier alpha value is -3.74. The number of amides is 4. The molecule has 0 aliphatic carbocycles. The molecule has 2 N–H and O–H groups in total. The minimum Gasteiger partial charge on any atom is -0.356 e. The van der Waals surface area contributed by atoms with Crippen LogP contribution >= 0.6 is 0 Å². The first-order valence-electron chi connectivity index (χ1n) is 9.42. The lowest BCUT2D eigenvalue weighted by atomic mass is 10.1. The van der Waals surface area contributed by atoms with Gasteiger partial charge >= 0.3 is 6.03 Å². The van der Waals surface area contributed by atoms with Crippen LogP contribution in [-0.4, -0.2) is 35.4 Å². The number of carbonyl (C=O) groups is 3. The quantitative estimate of drug-likeness (QED) is 0.635. The van der Waals surface area contributed by atoms with E-state index in [1.165, 1.54) is 0 Å². The van der Waals surface area contributed by atoms with Crippen LogP contribution in [0.2, 0.25) is 0 Å². The molecule has 1 unspecified atom stereocenters. The Balaban J connectivity index is 1.41. The van der Waals surface area contributed by atoms with Crippen LogP contribution in [0.25, 0.3) is 10.8 Å². The summed E-state index contributed by atoms with van der Waals surface area (Å²) in [5, 5.41) is 7.13. The molecule has 7 nitrogen and oxygen atoms in total. The Labute approximate surface area is 167 Å². The van der Waals surface area contributed by atoms with E-state index in [9.17, 15) is 14.4 Å². The molecule has 3 aromatic rings. The predicted octanol–water partition coefficient (Wildman–Crippen LogP) is 2.41. The fourth-order valence-electron chi connectivity index (χ4n) is 3.43. The molecule has 146 valence electrons. The molecule has 4 rings (SSSR count). The van der Waals surface area contributed by atoms with Gasteiger partial charge in [0.05, 0.1) is 12.1 Å². The number of urea groups is 1. The summed E-state index contributed by atoms with van der Waals surface area (Å²) in [5.41, 5.74) is 1.39. The molecular weight excluding hydrogens is 368 g/mol. The van der Waals surface area contributed by atoms with Crippen molar-refractivity contribution in [3.8, 4) is 0 Å². The number of pyridine rings is 1. The molecule has 0 spiro atoms. The van der Waals surface area contributed by atoms with Gasteiger partial charge in [0.15, 0.2) is 0 Å². The number of carbonyl (C=O) groups excluding carboxylic acids is 3. The zero-order chi connectivity index (χ0) is 20.2. The Kier molecular flexibility index (Phi) is 5.20. The van der Waals surface area contributed by atoms with Gasteiger partial charge in [-0.3, -0.25) is 14.6 Å². The van der Waals surface area contributed by atoms with Crippen molar-refractivity contribution in [2.75, 3.05) is 11.4 Å². The molecule has 0 bridgehead atoms. The highest BCUT2D eigenvalue weighted by Crippen LogP contribution is 2.29. The lowest BCUT2D eigenvalue weighted by Crippen LogP contribution is -2.37. The topological polar surface area (TPSA) is 91.4 Å². The van der Waals surface area contributed by atoms with Crippen molar-refractivity contribution in [1.29, 1.82) is 0 Å². The maximum atomic E-state index is 12.8. The summed E-state index contributed by atoms with van der Waals surface area (Å²) in [6.45, 7) is 0.414. The van der Waals surface area contributed by atoms with Crippen LogP contribution in [0.1, 0.15) is 12.1 Å². The lowest BCUT2D eigenvalue weighted by molar-refractivity contribution is -0.125. The van der Waals surface area contributed by atoms with Crippen molar-refractivity contribution in [2.24, 2.45) is 0 Å². The zero-order valence-electron chi connectivity index (χ0n) is 15.7. The molecule has 0 radical (unpaired) electrons. The highest BCUT2D eigenvalue weighted by Gasteiger charge is 2.40. The molecule has 0 saturated carbocycles. The summed E-state index contributed by atoms with van der Waals surface area (Å²) in [6, 6.07) is 17.2. The lowest BCUT2D eigenvalue weighted by Gasteiger charge is -2.15. The third-order valence-electron chi connectivity index (χ3n) is 4.85. The van der Waals surface area contributed by atoms with Crippen molar-refractivity contribution in [3.05, 3.63) is 72.6 Å². The van der Waals surface area contributed by atoms with Crippen LogP contribution in [0.3, 0.4) is 0 Å². The maximum Gasteiger partial charge on any atom is 0.329 e. The Morgan fingerprint density at radius 3 is 2.66 bits per heavy atom. The summed E-state index contributed by atoms with van der Waals surface area (Å²) in [7, 11) is 0. The van der Waals surface area contributed by atoms with Gasteiger partial charge in [0.25, 0.3) is 5.91 Å². The summed E-state index contributed by atoms with van der Waals surface area (Å²) >= 11 is 0. The smallest absolute Gasteiger partial charge is 0.329 e. The molecule has 1 fully saturated rings. The van der Waals surface area contributed by atoms with Crippen molar-refractivity contribution >= 4 is 34.3 Å². The van der Waals surface area contributed by atoms with Gasteiger partial charge in [-0.1, -0.05) is 42.5 Å². The fourth-order valence-corrected chi connectivity index (χ4v) is 3.43. The van der Waals surface area contributed by atoms with Crippen molar-refractivity contribution < 1.29 is 14.4 Å². The van der Waals surface area contributed by atoms with Crippen LogP contribution in [0.15, 0.2) is 66.9 Å². The van der Waals surface area contributed by atoms with E-state index in [2.05, 4.69) is 15.6 Å². The second-order valence-electron chi connectivity index (χ2n) is 6.80. The van der Waals surface area contributed by atoms with Gasteiger partial charge in [0.1, 0.15) is 6.04 Å². The number of benzene rings is 2. The first-order chi connectivity index (χ1) is 14.1. The van der Waals surface area contributed by atoms with Gasteiger partial charge in [0, 0.05) is 30.2 Å². The Morgan fingerprint density at radius 2 is 1.83 bits per heavy atom. The average Bonchev–Trinajstić information content (AvgIpc) is 3.01. The van der Waals surface area contributed by atoms with E-state index in [4.69, 9.17) is 0 Å². The van der Waals surface area contributed by atoms with Gasteiger partial charge < -0.3 is 10.6 Å². The van der Waals surface area contributed by atoms with Crippen molar-refractivity contribution in [2.45, 2.75) is 18.9 Å². The van der Waals surface area contributed by atoms with Crippen LogP contribution in [0, 0.1) is 0 Å². The first-order valence-corrected chi connectivity index (χ1v) is 9.42. The molecule has 1 saturated heterocycles. The van der Waals surface area contributed by atoms with Crippen LogP contribution in [-0.2, 0) is 16.0 Å². The third-order valence-corrected chi connectivity index (χ3v) is 4.85. The van der Waals surface area contributed by atoms with Gasteiger partial charge in [-0.15, -0.1) is 0 Å². The monoisotopic (exact) mass is 388 g/mol. The van der Waals surface area contributed by atoms with Crippen LogP contribution < -0.4 is 15.5 Å².